The molecule has 2 atom stereocenters. The molecule has 1 fully saturated rings. The van der Waals surface area contributed by atoms with Gasteiger partial charge in [-0.1, -0.05) is 20.8 Å². The van der Waals surface area contributed by atoms with Crippen molar-refractivity contribution in [3.63, 3.8) is 0 Å². The van der Waals surface area contributed by atoms with E-state index in [4.69, 9.17) is 4.98 Å². The number of piperidine rings is 1. The fourth-order valence-electron chi connectivity index (χ4n) is 2.78. The molecule has 1 aliphatic heterocycles. The molecule has 1 aliphatic rings. The molecule has 1 aromatic heterocycles. The Hall–Kier alpha value is -1.09. The zero-order chi connectivity index (χ0) is 13.8. The second-order valence-electron chi connectivity index (χ2n) is 5.95. The Bertz CT molecular complexity index is 416. The van der Waals surface area contributed by atoms with Gasteiger partial charge in [-0.15, -0.1) is 0 Å². The summed E-state index contributed by atoms with van der Waals surface area (Å²) in [6.45, 7) is 13.2. The van der Waals surface area contributed by atoms with Crippen molar-refractivity contribution in [1.29, 1.82) is 0 Å². The second kappa shape index (κ2) is 6.38. The average molecular weight is 261 g/mol. The van der Waals surface area contributed by atoms with Crippen LogP contribution >= 0.6 is 0 Å². The van der Waals surface area contributed by atoms with Crippen LogP contribution in [0.4, 0.5) is 5.82 Å². The van der Waals surface area contributed by atoms with Crippen LogP contribution in [0.15, 0.2) is 12.3 Å². The Balaban J connectivity index is 2.08. The van der Waals surface area contributed by atoms with Gasteiger partial charge in [-0.25, -0.2) is 4.98 Å². The van der Waals surface area contributed by atoms with Crippen LogP contribution in [0.5, 0.6) is 0 Å². The van der Waals surface area contributed by atoms with Gasteiger partial charge in [-0.3, -0.25) is 0 Å². The van der Waals surface area contributed by atoms with Crippen molar-refractivity contribution in [2.75, 3.05) is 24.5 Å². The minimum atomic E-state index is 0.761. The molecule has 19 heavy (non-hydrogen) atoms. The lowest BCUT2D eigenvalue weighted by molar-refractivity contribution is 0.322. The van der Waals surface area contributed by atoms with Crippen molar-refractivity contribution >= 4 is 5.82 Å². The summed E-state index contributed by atoms with van der Waals surface area (Å²) >= 11 is 0. The topological polar surface area (TPSA) is 28.2 Å². The van der Waals surface area contributed by atoms with Crippen molar-refractivity contribution in [2.24, 2.45) is 11.8 Å². The molecule has 3 nitrogen and oxygen atoms in total. The van der Waals surface area contributed by atoms with Crippen molar-refractivity contribution in [1.82, 2.24) is 10.3 Å². The van der Waals surface area contributed by atoms with E-state index in [0.29, 0.717) is 0 Å². The van der Waals surface area contributed by atoms with E-state index in [1.54, 1.807) is 0 Å². The highest BCUT2D eigenvalue weighted by Gasteiger charge is 2.24. The predicted octanol–water partition coefficient (Wildman–Crippen LogP) is 2.98. The Labute approximate surface area is 117 Å². The summed E-state index contributed by atoms with van der Waals surface area (Å²) in [6, 6.07) is 2.27. The summed E-state index contributed by atoms with van der Waals surface area (Å²) in [6.07, 6.45) is 3.30. The fraction of sp³-hybridized carbons (Fsp3) is 0.688. The Morgan fingerprint density at radius 3 is 2.79 bits per heavy atom. The molecule has 1 aromatic rings. The van der Waals surface area contributed by atoms with E-state index >= 15 is 0 Å². The maximum Gasteiger partial charge on any atom is 0.131 e. The first-order valence-electron chi connectivity index (χ1n) is 7.53. The Kier molecular flexibility index (Phi) is 4.81. The first kappa shape index (κ1) is 14.3. The number of nitrogens with zero attached hydrogens (tertiary/aromatic N) is 2. The molecule has 1 N–H and O–H groups in total. The Morgan fingerprint density at radius 2 is 2.16 bits per heavy atom. The van der Waals surface area contributed by atoms with E-state index in [1.165, 1.54) is 23.4 Å². The predicted molar refractivity (Wildman–Crippen MR) is 81.5 cm³/mol. The molecular weight excluding hydrogens is 234 g/mol. The average Bonchev–Trinajstić information content (AvgIpc) is 2.40. The molecule has 0 aliphatic carbocycles. The highest BCUT2D eigenvalue weighted by molar-refractivity contribution is 5.47. The third kappa shape index (κ3) is 3.47. The molecule has 0 radical (unpaired) electrons. The van der Waals surface area contributed by atoms with Gasteiger partial charge in [-0.05, 0) is 48.9 Å². The number of hydrogen-bond acceptors (Lipinski definition) is 3. The summed E-state index contributed by atoms with van der Waals surface area (Å²) in [7, 11) is 0. The maximum absolute atomic E-state index is 4.70. The summed E-state index contributed by atoms with van der Waals surface area (Å²) < 4.78 is 0. The van der Waals surface area contributed by atoms with Crippen LogP contribution < -0.4 is 10.2 Å². The molecule has 0 spiro atoms. The van der Waals surface area contributed by atoms with Gasteiger partial charge in [-0.2, -0.15) is 0 Å². The number of pyridine rings is 1. The van der Waals surface area contributed by atoms with E-state index in [9.17, 15) is 0 Å². The first-order valence-corrected chi connectivity index (χ1v) is 7.53. The lowest BCUT2D eigenvalue weighted by Gasteiger charge is -2.36. The van der Waals surface area contributed by atoms with Gasteiger partial charge in [0.2, 0.25) is 0 Å². The summed E-state index contributed by atoms with van der Waals surface area (Å²) in [5.74, 6) is 2.78. The van der Waals surface area contributed by atoms with Gasteiger partial charge in [0.15, 0.2) is 0 Å². The van der Waals surface area contributed by atoms with Gasteiger partial charge in [0.25, 0.3) is 0 Å². The lowest BCUT2D eigenvalue weighted by Crippen LogP contribution is -2.39. The SMILES string of the molecule is CCNCc1cnc(N2CCC(C)C(C)C2)c(C)c1. The van der Waals surface area contributed by atoms with E-state index in [0.717, 1.165) is 38.0 Å². The van der Waals surface area contributed by atoms with E-state index < -0.39 is 0 Å². The number of aromatic nitrogens is 1. The van der Waals surface area contributed by atoms with Crippen LogP contribution in [0, 0.1) is 18.8 Å². The quantitative estimate of drug-likeness (QED) is 0.903. The van der Waals surface area contributed by atoms with Gasteiger partial charge in [0.1, 0.15) is 5.82 Å². The monoisotopic (exact) mass is 261 g/mol. The van der Waals surface area contributed by atoms with Crippen LogP contribution in [0.3, 0.4) is 0 Å². The Morgan fingerprint density at radius 1 is 1.37 bits per heavy atom. The fourth-order valence-corrected chi connectivity index (χ4v) is 2.78. The lowest BCUT2D eigenvalue weighted by atomic mass is 9.88. The zero-order valence-corrected chi connectivity index (χ0v) is 12.7. The maximum atomic E-state index is 4.70. The zero-order valence-electron chi connectivity index (χ0n) is 12.7. The molecular formula is C16H27N3. The molecule has 2 rings (SSSR count). The summed E-state index contributed by atoms with van der Waals surface area (Å²) in [4.78, 5) is 7.16. The van der Waals surface area contributed by atoms with Crippen molar-refractivity contribution < 1.29 is 0 Å². The molecule has 3 heteroatoms. The molecule has 106 valence electrons. The third-order valence-electron chi connectivity index (χ3n) is 4.32. The number of hydrogen-bond donors (Lipinski definition) is 1. The number of aryl methyl sites for hydroxylation is 1. The highest BCUT2D eigenvalue weighted by atomic mass is 15.2. The molecule has 0 bridgehead atoms. The standard InChI is InChI=1S/C16H27N3/c1-5-17-9-15-8-13(3)16(18-10-15)19-7-6-12(2)14(4)11-19/h8,10,12,14,17H,5-7,9,11H2,1-4H3. The molecule has 0 saturated carbocycles. The molecule has 0 aromatic carbocycles. The molecule has 2 heterocycles. The minimum absolute atomic E-state index is 0.761. The van der Waals surface area contributed by atoms with Crippen molar-refractivity contribution in [2.45, 2.75) is 40.7 Å². The van der Waals surface area contributed by atoms with E-state index in [1.807, 2.05) is 6.20 Å². The van der Waals surface area contributed by atoms with Crippen LogP contribution in [0.1, 0.15) is 38.3 Å². The second-order valence-corrected chi connectivity index (χ2v) is 5.95. The van der Waals surface area contributed by atoms with Crippen molar-refractivity contribution in [3.8, 4) is 0 Å². The van der Waals surface area contributed by atoms with Crippen LogP contribution in [0.2, 0.25) is 0 Å². The molecule has 0 amide bonds. The van der Waals surface area contributed by atoms with Crippen LogP contribution in [0.25, 0.3) is 0 Å². The smallest absolute Gasteiger partial charge is 0.131 e. The summed E-state index contributed by atoms with van der Waals surface area (Å²) in [5.41, 5.74) is 2.58. The highest BCUT2D eigenvalue weighted by Crippen LogP contribution is 2.27. The largest absolute Gasteiger partial charge is 0.356 e. The van der Waals surface area contributed by atoms with Gasteiger partial charge < -0.3 is 10.2 Å². The number of nitrogens with one attached hydrogen (secondary N) is 1. The number of rotatable bonds is 4. The number of anilines is 1. The first-order chi connectivity index (χ1) is 9.11. The van der Waals surface area contributed by atoms with Crippen LogP contribution in [-0.4, -0.2) is 24.6 Å². The summed E-state index contributed by atoms with van der Waals surface area (Å²) in [5, 5.41) is 3.35. The van der Waals surface area contributed by atoms with Crippen molar-refractivity contribution in [3.05, 3.63) is 23.4 Å². The van der Waals surface area contributed by atoms with Gasteiger partial charge in [0, 0.05) is 25.8 Å². The molecule has 1 saturated heterocycles. The normalized spacial score (nSPS) is 23.7. The third-order valence-corrected chi connectivity index (χ3v) is 4.32. The van der Waals surface area contributed by atoms with Gasteiger partial charge >= 0.3 is 0 Å². The van der Waals surface area contributed by atoms with Gasteiger partial charge in [0.05, 0.1) is 0 Å². The minimum Gasteiger partial charge on any atom is -0.356 e. The van der Waals surface area contributed by atoms with E-state index in [-0.39, 0.29) is 0 Å². The van der Waals surface area contributed by atoms with E-state index in [2.05, 4.69) is 44.0 Å². The van der Waals surface area contributed by atoms with Crippen LogP contribution in [-0.2, 0) is 6.54 Å². The molecule has 2 unspecified atom stereocenters.